The summed E-state index contributed by atoms with van der Waals surface area (Å²) in [7, 11) is 0. The Hall–Kier alpha value is -4.08. The molecule has 0 unspecified atom stereocenters. The normalized spacial score (nSPS) is 15.9. The number of ketones is 1. The van der Waals surface area contributed by atoms with Crippen molar-refractivity contribution in [2.75, 3.05) is 43.0 Å². The Balaban J connectivity index is 1.21. The predicted molar refractivity (Wildman–Crippen MR) is 115 cm³/mol. The molecule has 2 amide bonds. The standard InChI is InChI=1S/C22H20N4O6/c27-17-5-10-31-18-4-2-14(12-15(17)18)25-6-8-26(9-7-25)21(29)20(28)23-13-1-3-16-19(11-13)32-22(30)24-16/h1-4,11-12H,5-10H2,(H,23,28)(H,24,30). The van der Waals surface area contributed by atoms with Crippen LogP contribution in [0.4, 0.5) is 11.4 Å². The number of fused-ring (bicyclic) bond motifs is 2. The summed E-state index contributed by atoms with van der Waals surface area (Å²) < 4.78 is 10.5. The molecule has 5 rings (SSSR count). The van der Waals surface area contributed by atoms with Gasteiger partial charge in [-0.3, -0.25) is 19.4 Å². The topological polar surface area (TPSA) is 125 Å². The van der Waals surface area contributed by atoms with Crippen LogP contribution in [0.15, 0.2) is 45.6 Å². The van der Waals surface area contributed by atoms with Crippen molar-refractivity contribution in [3.8, 4) is 5.75 Å². The van der Waals surface area contributed by atoms with Gasteiger partial charge in [-0.2, -0.15) is 0 Å². The molecule has 3 aromatic rings. The number of piperazine rings is 1. The minimum absolute atomic E-state index is 0.0655. The fourth-order valence-corrected chi connectivity index (χ4v) is 3.97. The lowest BCUT2D eigenvalue weighted by molar-refractivity contribution is -0.143. The number of aromatic amines is 1. The minimum atomic E-state index is -0.757. The van der Waals surface area contributed by atoms with Gasteiger partial charge in [0, 0.05) is 50.0 Å². The van der Waals surface area contributed by atoms with E-state index in [1.165, 1.54) is 11.0 Å². The summed E-state index contributed by atoms with van der Waals surface area (Å²) in [4.78, 5) is 54.5. The van der Waals surface area contributed by atoms with Crippen LogP contribution in [-0.2, 0) is 9.59 Å². The van der Waals surface area contributed by atoms with E-state index in [9.17, 15) is 19.2 Å². The van der Waals surface area contributed by atoms with E-state index in [2.05, 4.69) is 15.2 Å². The molecule has 1 saturated heterocycles. The van der Waals surface area contributed by atoms with Gasteiger partial charge in [-0.15, -0.1) is 0 Å². The summed E-state index contributed by atoms with van der Waals surface area (Å²) in [6, 6.07) is 10.2. The maximum Gasteiger partial charge on any atom is 0.417 e. The van der Waals surface area contributed by atoms with Crippen molar-refractivity contribution >= 4 is 40.1 Å². The van der Waals surface area contributed by atoms with Crippen LogP contribution in [0.25, 0.3) is 11.1 Å². The van der Waals surface area contributed by atoms with Gasteiger partial charge in [-0.05, 0) is 30.3 Å². The minimum Gasteiger partial charge on any atom is -0.492 e. The van der Waals surface area contributed by atoms with E-state index in [1.807, 2.05) is 12.1 Å². The van der Waals surface area contributed by atoms with Gasteiger partial charge in [-0.25, -0.2) is 4.79 Å². The fourth-order valence-electron chi connectivity index (χ4n) is 3.97. The number of carbonyl (C=O) groups excluding carboxylic acids is 3. The zero-order chi connectivity index (χ0) is 22.2. The molecule has 3 heterocycles. The Labute approximate surface area is 181 Å². The van der Waals surface area contributed by atoms with Gasteiger partial charge >= 0.3 is 17.6 Å². The van der Waals surface area contributed by atoms with E-state index in [1.54, 1.807) is 18.2 Å². The highest BCUT2D eigenvalue weighted by molar-refractivity contribution is 6.39. The smallest absolute Gasteiger partial charge is 0.417 e. The van der Waals surface area contributed by atoms with E-state index in [4.69, 9.17) is 9.15 Å². The molecule has 0 spiro atoms. The first-order valence-electron chi connectivity index (χ1n) is 10.3. The van der Waals surface area contributed by atoms with Crippen LogP contribution >= 0.6 is 0 Å². The lowest BCUT2D eigenvalue weighted by Gasteiger charge is -2.36. The molecule has 164 valence electrons. The second-order valence-electron chi connectivity index (χ2n) is 7.66. The lowest BCUT2D eigenvalue weighted by atomic mass is 10.0. The molecule has 0 radical (unpaired) electrons. The van der Waals surface area contributed by atoms with Gasteiger partial charge < -0.3 is 24.3 Å². The Morgan fingerprint density at radius 1 is 1.00 bits per heavy atom. The number of amides is 2. The summed E-state index contributed by atoms with van der Waals surface area (Å²) in [5.41, 5.74) is 2.63. The molecular weight excluding hydrogens is 416 g/mol. The van der Waals surface area contributed by atoms with E-state index in [0.717, 1.165) is 5.69 Å². The molecule has 10 heteroatoms. The average molecular weight is 436 g/mol. The van der Waals surface area contributed by atoms with E-state index < -0.39 is 17.6 Å². The Morgan fingerprint density at radius 2 is 1.81 bits per heavy atom. The zero-order valence-corrected chi connectivity index (χ0v) is 17.1. The van der Waals surface area contributed by atoms with E-state index >= 15 is 0 Å². The molecular formula is C22H20N4O6. The van der Waals surface area contributed by atoms with Crippen molar-refractivity contribution in [1.82, 2.24) is 9.88 Å². The number of nitrogens with zero attached hydrogens (tertiary/aromatic N) is 2. The molecule has 1 fully saturated rings. The molecule has 2 aromatic carbocycles. The molecule has 1 aromatic heterocycles. The highest BCUT2D eigenvalue weighted by atomic mass is 16.5. The third-order valence-electron chi connectivity index (χ3n) is 5.66. The van der Waals surface area contributed by atoms with Gasteiger partial charge in [0.05, 0.1) is 17.7 Å². The average Bonchev–Trinajstić information content (AvgIpc) is 3.18. The highest BCUT2D eigenvalue weighted by Crippen LogP contribution is 2.29. The number of hydrogen-bond acceptors (Lipinski definition) is 7. The van der Waals surface area contributed by atoms with Gasteiger partial charge in [0.25, 0.3) is 0 Å². The van der Waals surface area contributed by atoms with E-state index in [0.29, 0.717) is 67.3 Å². The summed E-state index contributed by atoms with van der Waals surface area (Å²) in [5.74, 6) is -1.31. The van der Waals surface area contributed by atoms with Crippen molar-refractivity contribution in [3.63, 3.8) is 0 Å². The molecule has 0 bridgehead atoms. The number of hydrogen-bond donors (Lipinski definition) is 2. The number of ether oxygens (including phenoxy) is 1. The quantitative estimate of drug-likeness (QED) is 0.582. The molecule has 2 N–H and O–H groups in total. The number of carbonyl (C=O) groups is 3. The first kappa shape index (κ1) is 19.9. The van der Waals surface area contributed by atoms with Crippen LogP contribution < -0.4 is 20.7 Å². The molecule has 2 aliphatic rings. The van der Waals surface area contributed by atoms with Crippen LogP contribution in [0.5, 0.6) is 5.75 Å². The maximum absolute atomic E-state index is 12.6. The number of benzene rings is 2. The molecule has 0 atom stereocenters. The summed E-state index contributed by atoms with van der Waals surface area (Å²) in [5, 5.41) is 2.55. The van der Waals surface area contributed by atoms with Crippen molar-refractivity contribution in [3.05, 3.63) is 52.5 Å². The number of rotatable bonds is 2. The largest absolute Gasteiger partial charge is 0.492 e. The van der Waals surface area contributed by atoms with Gasteiger partial charge in [0.15, 0.2) is 11.4 Å². The van der Waals surface area contributed by atoms with Gasteiger partial charge in [0.1, 0.15) is 5.75 Å². The molecule has 0 aliphatic carbocycles. The number of aromatic nitrogens is 1. The number of oxazole rings is 1. The third-order valence-corrected chi connectivity index (χ3v) is 5.66. The molecule has 32 heavy (non-hydrogen) atoms. The van der Waals surface area contributed by atoms with Crippen LogP contribution in [-0.4, -0.2) is 60.3 Å². The van der Waals surface area contributed by atoms with Crippen LogP contribution in [0, 0.1) is 0 Å². The second kappa shape index (κ2) is 7.88. The van der Waals surface area contributed by atoms with Crippen molar-refractivity contribution in [2.45, 2.75) is 6.42 Å². The number of H-pyrrole nitrogens is 1. The first-order chi connectivity index (χ1) is 15.5. The fraction of sp³-hybridized carbons (Fsp3) is 0.273. The number of Topliss-reactive ketones (excluding diaryl/α,β-unsaturated/α-hetero) is 1. The number of anilines is 2. The monoisotopic (exact) mass is 436 g/mol. The number of nitrogens with one attached hydrogen (secondary N) is 2. The predicted octanol–water partition coefficient (Wildman–Crippen LogP) is 1.37. The Morgan fingerprint density at radius 3 is 2.62 bits per heavy atom. The second-order valence-corrected chi connectivity index (χ2v) is 7.66. The molecule has 2 aliphatic heterocycles. The van der Waals surface area contributed by atoms with Gasteiger partial charge in [-0.1, -0.05) is 0 Å². The Kier molecular flexibility index (Phi) is 4.89. The zero-order valence-electron chi connectivity index (χ0n) is 17.1. The summed E-state index contributed by atoms with van der Waals surface area (Å²) >= 11 is 0. The lowest BCUT2D eigenvalue weighted by Crippen LogP contribution is -2.51. The SMILES string of the molecule is O=C(Nc1ccc2[nH]c(=O)oc2c1)C(=O)N1CCN(c2ccc3c(c2)C(=O)CCO3)CC1. The molecule has 10 nitrogen and oxygen atoms in total. The van der Waals surface area contributed by atoms with Crippen LogP contribution in [0.1, 0.15) is 16.8 Å². The third kappa shape index (κ3) is 3.70. The molecule has 0 saturated carbocycles. The Bertz CT molecular complexity index is 1290. The van der Waals surface area contributed by atoms with Crippen molar-refractivity contribution in [2.24, 2.45) is 0 Å². The first-order valence-corrected chi connectivity index (χ1v) is 10.3. The summed E-state index contributed by atoms with van der Waals surface area (Å²) in [6.45, 7) is 2.22. The van der Waals surface area contributed by atoms with E-state index in [-0.39, 0.29) is 5.78 Å². The van der Waals surface area contributed by atoms with Crippen LogP contribution in [0.3, 0.4) is 0 Å². The van der Waals surface area contributed by atoms with Crippen molar-refractivity contribution in [1.29, 1.82) is 0 Å². The van der Waals surface area contributed by atoms with Gasteiger partial charge in [0.2, 0.25) is 0 Å². The highest BCUT2D eigenvalue weighted by Gasteiger charge is 2.27. The van der Waals surface area contributed by atoms with Crippen molar-refractivity contribution < 1.29 is 23.5 Å². The summed E-state index contributed by atoms with van der Waals surface area (Å²) in [6.07, 6.45) is 0.372. The van der Waals surface area contributed by atoms with Crippen LogP contribution in [0.2, 0.25) is 0 Å². The maximum atomic E-state index is 12.6.